The summed E-state index contributed by atoms with van der Waals surface area (Å²) in [6.45, 7) is 2.77. The van der Waals surface area contributed by atoms with E-state index in [1.165, 1.54) is 10.4 Å². The summed E-state index contributed by atoms with van der Waals surface area (Å²) in [5, 5.41) is 5.55. The molecule has 0 saturated heterocycles. The minimum atomic E-state index is 0.907. The number of thiophene rings is 1. The number of nitrogens with one attached hydrogen (secondary N) is 1. The first-order valence-corrected chi connectivity index (χ1v) is 7.61. The standard InChI is InChI=1S/C16H17N3S/c1-2-5-14(6-3-1)13-17-8-10-19-11-9-18-16(19)15-7-4-12-20-15/h1-7,9,11-12,17H,8,10,13H2. The second-order valence-electron chi connectivity index (χ2n) is 4.58. The zero-order valence-electron chi connectivity index (χ0n) is 11.2. The summed E-state index contributed by atoms with van der Waals surface area (Å²) in [6.07, 6.45) is 3.91. The Morgan fingerprint density at radius 2 is 2.00 bits per heavy atom. The number of hydrogen-bond donors (Lipinski definition) is 1. The molecule has 0 aliphatic carbocycles. The van der Waals surface area contributed by atoms with E-state index in [0.717, 1.165) is 25.5 Å². The average Bonchev–Trinajstić information content (AvgIpc) is 3.15. The van der Waals surface area contributed by atoms with Gasteiger partial charge in [-0.2, -0.15) is 0 Å². The van der Waals surface area contributed by atoms with E-state index in [0.29, 0.717) is 0 Å². The maximum absolute atomic E-state index is 4.44. The summed E-state index contributed by atoms with van der Waals surface area (Å²) in [6, 6.07) is 14.6. The molecule has 0 amide bonds. The van der Waals surface area contributed by atoms with E-state index >= 15 is 0 Å². The Morgan fingerprint density at radius 3 is 2.80 bits per heavy atom. The molecule has 3 nitrogen and oxygen atoms in total. The Morgan fingerprint density at radius 1 is 1.10 bits per heavy atom. The summed E-state index contributed by atoms with van der Waals surface area (Å²) in [7, 11) is 0. The van der Waals surface area contributed by atoms with Gasteiger partial charge in [-0.1, -0.05) is 36.4 Å². The van der Waals surface area contributed by atoms with E-state index in [4.69, 9.17) is 0 Å². The summed E-state index contributed by atoms with van der Waals surface area (Å²) in [5.74, 6) is 1.06. The minimum absolute atomic E-state index is 0.907. The molecule has 4 heteroatoms. The van der Waals surface area contributed by atoms with E-state index in [2.05, 4.69) is 56.6 Å². The first kappa shape index (κ1) is 13.1. The number of benzene rings is 1. The van der Waals surface area contributed by atoms with Crippen molar-refractivity contribution in [1.82, 2.24) is 14.9 Å². The predicted molar refractivity (Wildman–Crippen MR) is 83.7 cm³/mol. The normalized spacial score (nSPS) is 10.8. The molecule has 20 heavy (non-hydrogen) atoms. The van der Waals surface area contributed by atoms with Crippen LogP contribution in [0, 0.1) is 0 Å². The van der Waals surface area contributed by atoms with E-state index < -0.39 is 0 Å². The van der Waals surface area contributed by atoms with Crippen molar-refractivity contribution in [3.8, 4) is 10.7 Å². The van der Waals surface area contributed by atoms with Crippen LogP contribution in [-0.4, -0.2) is 16.1 Å². The van der Waals surface area contributed by atoms with Crippen molar-refractivity contribution in [3.63, 3.8) is 0 Å². The van der Waals surface area contributed by atoms with Gasteiger partial charge in [-0.15, -0.1) is 11.3 Å². The molecule has 2 aromatic heterocycles. The lowest BCUT2D eigenvalue weighted by Crippen LogP contribution is -2.19. The van der Waals surface area contributed by atoms with Crippen molar-refractivity contribution in [2.24, 2.45) is 0 Å². The fraction of sp³-hybridized carbons (Fsp3) is 0.188. The van der Waals surface area contributed by atoms with Gasteiger partial charge < -0.3 is 9.88 Å². The number of rotatable bonds is 6. The predicted octanol–water partition coefficient (Wildman–Crippen LogP) is 3.40. The SMILES string of the molecule is c1ccc(CNCCn2ccnc2-c2cccs2)cc1. The van der Waals surface area contributed by atoms with Crippen molar-refractivity contribution in [3.05, 3.63) is 65.8 Å². The largest absolute Gasteiger partial charge is 0.329 e. The van der Waals surface area contributed by atoms with Crippen molar-refractivity contribution in [1.29, 1.82) is 0 Å². The molecule has 0 spiro atoms. The molecule has 2 heterocycles. The van der Waals surface area contributed by atoms with Crippen LogP contribution in [0.15, 0.2) is 60.2 Å². The molecule has 3 aromatic rings. The number of imidazole rings is 1. The van der Waals surface area contributed by atoms with Crippen LogP contribution in [0.4, 0.5) is 0 Å². The van der Waals surface area contributed by atoms with Crippen molar-refractivity contribution in [2.45, 2.75) is 13.1 Å². The Balaban J connectivity index is 1.53. The van der Waals surface area contributed by atoms with Gasteiger partial charge in [0.2, 0.25) is 0 Å². The lowest BCUT2D eigenvalue weighted by Gasteiger charge is -2.08. The van der Waals surface area contributed by atoms with Crippen LogP contribution in [0.3, 0.4) is 0 Å². The van der Waals surface area contributed by atoms with Gasteiger partial charge >= 0.3 is 0 Å². The molecule has 0 fully saturated rings. The molecule has 0 aliphatic heterocycles. The average molecular weight is 283 g/mol. The Labute approximate surface area is 122 Å². The quantitative estimate of drug-likeness (QED) is 0.703. The van der Waals surface area contributed by atoms with Gasteiger partial charge in [0.25, 0.3) is 0 Å². The van der Waals surface area contributed by atoms with Crippen molar-refractivity contribution >= 4 is 11.3 Å². The molecule has 0 aliphatic rings. The van der Waals surface area contributed by atoms with Gasteiger partial charge in [-0.25, -0.2) is 4.98 Å². The summed E-state index contributed by atoms with van der Waals surface area (Å²) in [4.78, 5) is 5.66. The van der Waals surface area contributed by atoms with Gasteiger partial charge in [0.05, 0.1) is 4.88 Å². The molecule has 3 rings (SSSR count). The van der Waals surface area contributed by atoms with Gasteiger partial charge in [-0.05, 0) is 17.0 Å². The number of aromatic nitrogens is 2. The van der Waals surface area contributed by atoms with E-state index in [1.807, 2.05) is 18.5 Å². The molecular formula is C16H17N3S. The maximum Gasteiger partial charge on any atom is 0.150 e. The Bertz CT molecular complexity index is 629. The topological polar surface area (TPSA) is 29.9 Å². The van der Waals surface area contributed by atoms with Gasteiger partial charge in [0.1, 0.15) is 5.82 Å². The first-order valence-electron chi connectivity index (χ1n) is 6.73. The summed E-state index contributed by atoms with van der Waals surface area (Å²) in [5.41, 5.74) is 1.32. The van der Waals surface area contributed by atoms with Crippen LogP contribution in [0.1, 0.15) is 5.56 Å². The third-order valence-electron chi connectivity index (χ3n) is 3.16. The third kappa shape index (κ3) is 3.15. The molecule has 0 atom stereocenters. The van der Waals surface area contributed by atoms with Crippen LogP contribution in [0.5, 0.6) is 0 Å². The second kappa shape index (κ2) is 6.50. The highest BCUT2D eigenvalue weighted by atomic mass is 32.1. The third-order valence-corrected chi connectivity index (χ3v) is 4.02. The molecule has 0 radical (unpaired) electrons. The van der Waals surface area contributed by atoms with Crippen molar-refractivity contribution in [2.75, 3.05) is 6.54 Å². The fourth-order valence-corrected chi connectivity index (χ4v) is 2.88. The molecule has 0 bridgehead atoms. The highest BCUT2D eigenvalue weighted by Crippen LogP contribution is 2.22. The number of hydrogen-bond acceptors (Lipinski definition) is 3. The monoisotopic (exact) mass is 283 g/mol. The fourth-order valence-electron chi connectivity index (χ4n) is 2.15. The van der Waals surface area contributed by atoms with Crippen LogP contribution in [-0.2, 0) is 13.1 Å². The highest BCUT2D eigenvalue weighted by molar-refractivity contribution is 7.13. The van der Waals surface area contributed by atoms with Crippen LogP contribution < -0.4 is 5.32 Å². The lowest BCUT2D eigenvalue weighted by atomic mass is 10.2. The zero-order chi connectivity index (χ0) is 13.6. The second-order valence-corrected chi connectivity index (χ2v) is 5.53. The Kier molecular flexibility index (Phi) is 4.25. The molecule has 1 aromatic carbocycles. The smallest absolute Gasteiger partial charge is 0.150 e. The minimum Gasteiger partial charge on any atom is -0.329 e. The van der Waals surface area contributed by atoms with Crippen LogP contribution >= 0.6 is 11.3 Å². The highest BCUT2D eigenvalue weighted by Gasteiger charge is 2.05. The van der Waals surface area contributed by atoms with Gasteiger partial charge in [-0.3, -0.25) is 0 Å². The summed E-state index contributed by atoms with van der Waals surface area (Å²) < 4.78 is 2.20. The molecule has 0 saturated carbocycles. The maximum atomic E-state index is 4.44. The van der Waals surface area contributed by atoms with Gasteiger partial charge in [0, 0.05) is 32.0 Å². The lowest BCUT2D eigenvalue weighted by molar-refractivity contribution is 0.601. The van der Waals surface area contributed by atoms with E-state index in [-0.39, 0.29) is 0 Å². The first-order chi connectivity index (χ1) is 9.93. The molecule has 0 unspecified atom stereocenters. The molecule has 1 N–H and O–H groups in total. The number of nitrogens with zero attached hydrogens (tertiary/aromatic N) is 2. The van der Waals surface area contributed by atoms with Crippen LogP contribution in [0.2, 0.25) is 0 Å². The van der Waals surface area contributed by atoms with Crippen LogP contribution in [0.25, 0.3) is 10.7 Å². The van der Waals surface area contributed by atoms with E-state index in [1.54, 1.807) is 11.3 Å². The van der Waals surface area contributed by atoms with Crippen molar-refractivity contribution < 1.29 is 0 Å². The van der Waals surface area contributed by atoms with E-state index in [9.17, 15) is 0 Å². The van der Waals surface area contributed by atoms with Gasteiger partial charge in [0.15, 0.2) is 0 Å². The Hall–Kier alpha value is -1.91. The summed E-state index contributed by atoms with van der Waals surface area (Å²) >= 11 is 1.73. The molecular weight excluding hydrogens is 266 g/mol. The molecule has 102 valence electrons. The zero-order valence-corrected chi connectivity index (χ0v) is 12.0.